The number of hydrogen-bond acceptors (Lipinski definition) is 3. The van der Waals surface area contributed by atoms with E-state index in [0.717, 1.165) is 18.0 Å². The number of rotatable bonds is 7. The van der Waals surface area contributed by atoms with E-state index in [2.05, 4.69) is 43.4 Å². The SMILES string of the molecule is CC(C)CNCc1cccc(SC(C)C(=O)N(C)C)c1. The maximum atomic E-state index is 11.9. The van der Waals surface area contributed by atoms with Gasteiger partial charge >= 0.3 is 0 Å². The minimum Gasteiger partial charge on any atom is -0.348 e. The lowest BCUT2D eigenvalue weighted by Crippen LogP contribution is -2.29. The van der Waals surface area contributed by atoms with Crippen LogP contribution < -0.4 is 5.32 Å². The first-order chi connectivity index (χ1) is 9.40. The Morgan fingerprint density at radius 2 is 2.00 bits per heavy atom. The summed E-state index contributed by atoms with van der Waals surface area (Å²) in [6, 6.07) is 8.41. The maximum absolute atomic E-state index is 11.9. The highest BCUT2D eigenvalue weighted by atomic mass is 32.2. The standard InChI is InChI=1S/C16H26N2OS/c1-12(2)10-17-11-14-7-6-8-15(9-14)20-13(3)16(19)18(4)5/h6-9,12-13,17H,10-11H2,1-5H3. The lowest BCUT2D eigenvalue weighted by atomic mass is 10.2. The molecule has 0 spiro atoms. The third kappa shape index (κ3) is 5.97. The van der Waals surface area contributed by atoms with Gasteiger partial charge in [-0.25, -0.2) is 0 Å². The van der Waals surface area contributed by atoms with Gasteiger partial charge in [0.15, 0.2) is 0 Å². The summed E-state index contributed by atoms with van der Waals surface area (Å²) in [6.07, 6.45) is 0. The number of amides is 1. The maximum Gasteiger partial charge on any atom is 0.235 e. The first-order valence-electron chi connectivity index (χ1n) is 7.07. The van der Waals surface area contributed by atoms with Crippen molar-refractivity contribution in [1.82, 2.24) is 10.2 Å². The molecule has 4 heteroatoms. The fraction of sp³-hybridized carbons (Fsp3) is 0.562. The number of nitrogens with one attached hydrogen (secondary N) is 1. The number of nitrogens with zero attached hydrogens (tertiary/aromatic N) is 1. The van der Waals surface area contributed by atoms with Gasteiger partial charge in [0.1, 0.15) is 0 Å². The topological polar surface area (TPSA) is 32.3 Å². The van der Waals surface area contributed by atoms with Crippen molar-refractivity contribution in [1.29, 1.82) is 0 Å². The average Bonchev–Trinajstić information content (AvgIpc) is 2.37. The van der Waals surface area contributed by atoms with Crippen LogP contribution in [-0.4, -0.2) is 36.7 Å². The summed E-state index contributed by atoms with van der Waals surface area (Å²) in [5, 5.41) is 3.39. The molecule has 0 heterocycles. The molecular formula is C16H26N2OS. The van der Waals surface area contributed by atoms with E-state index in [0.29, 0.717) is 5.92 Å². The second kappa shape index (κ2) is 8.32. The van der Waals surface area contributed by atoms with Crippen LogP contribution in [0.1, 0.15) is 26.3 Å². The fourth-order valence-electron chi connectivity index (χ4n) is 1.85. The second-order valence-corrected chi connectivity index (χ2v) is 7.08. The van der Waals surface area contributed by atoms with Gasteiger partial charge in [-0.3, -0.25) is 4.79 Å². The van der Waals surface area contributed by atoms with E-state index < -0.39 is 0 Å². The Kier molecular flexibility index (Phi) is 7.10. The molecule has 1 amide bonds. The van der Waals surface area contributed by atoms with Gasteiger partial charge < -0.3 is 10.2 Å². The third-order valence-corrected chi connectivity index (χ3v) is 3.96. The summed E-state index contributed by atoms with van der Waals surface area (Å²) in [7, 11) is 3.59. The van der Waals surface area contributed by atoms with E-state index in [9.17, 15) is 4.79 Å². The Morgan fingerprint density at radius 3 is 2.60 bits per heavy atom. The Labute approximate surface area is 127 Å². The van der Waals surface area contributed by atoms with Crippen LogP contribution in [0.15, 0.2) is 29.2 Å². The van der Waals surface area contributed by atoms with Crippen LogP contribution in [0.2, 0.25) is 0 Å². The fourth-order valence-corrected chi connectivity index (χ4v) is 2.95. The monoisotopic (exact) mass is 294 g/mol. The second-order valence-electron chi connectivity index (χ2n) is 5.66. The van der Waals surface area contributed by atoms with Gasteiger partial charge in [-0.05, 0) is 37.1 Å². The summed E-state index contributed by atoms with van der Waals surface area (Å²) in [4.78, 5) is 14.7. The normalized spacial score (nSPS) is 12.5. The highest BCUT2D eigenvalue weighted by Crippen LogP contribution is 2.24. The van der Waals surface area contributed by atoms with Crippen LogP contribution in [0.4, 0.5) is 0 Å². The van der Waals surface area contributed by atoms with Gasteiger partial charge in [0, 0.05) is 25.5 Å². The van der Waals surface area contributed by atoms with Gasteiger partial charge in [0.25, 0.3) is 0 Å². The summed E-state index contributed by atoms with van der Waals surface area (Å²) < 4.78 is 0. The quantitative estimate of drug-likeness (QED) is 0.785. The molecule has 0 aliphatic carbocycles. The largest absolute Gasteiger partial charge is 0.348 e. The van der Waals surface area contributed by atoms with Crippen molar-refractivity contribution in [3.63, 3.8) is 0 Å². The number of thioether (sulfide) groups is 1. The first kappa shape index (κ1) is 17.1. The number of carbonyl (C=O) groups is 1. The molecule has 112 valence electrons. The molecule has 0 aromatic heterocycles. The Bertz CT molecular complexity index is 432. The smallest absolute Gasteiger partial charge is 0.235 e. The lowest BCUT2D eigenvalue weighted by molar-refractivity contribution is -0.127. The zero-order valence-corrected chi connectivity index (χ0v) is 14.0. The molecule has 3 nitrogen and oxygen atoms in total. The van der Waals surface area contributed by atoms with E-state index in [1.165, 1.54) is 5.56 Å². The molecule has 0 radical (unpaired) electrons. The zero-order valence-electron chi connectivity index (χ0n) is 13.1. The summed E-state index contributed by atoms with van der Waals surface area (Å²) in [5.74, 6) is 0.809. The molecule has 20 heavy (non-hydrogen) atoms. The molecular weight excluding hydrogens is 268 g/mol. The van der Waals surface area contributed by atoms with Crippen molar-refractivity contribution >= 4 is 17.7 Å². The van der Waals surface area contributed by atoms with Crippen LogP contribution in [0.3, 0.4) is 0 Å². The molecule has 0 saturated heterocycles. The Hall–Kier alpha value is -1.00. The molecule has 0 saturated carbocycles. The molecule has 0 bridgehead atoms. The van der Waals surface area contributed by atoms with Crippen LogP contribution >= 0.6 is 11.8 Å². The van der Waals surface area contributed by atoms with Crippen molar-refractivity contribution in [2.45, 2.75) is 37.5 Å². The van der Waals surface area contributed by atoms with Crippen molar-refractivity contribution in [3.8, 4) is 0 Å². The lowest BCUT2D eigenvalue weighted by Gasteiger charge is -2.16. The molecule has 0 fully saturated rings. The van der Waals surface area contributed by atoms with Crippen molar-refractivity contribution in [2.24, 2.45) is 5.92 Å². The van der Waals surface area contributed by atoms with Crippen molar-refractivity contribution in [2.75, 3.05) is 20.6 Å². The first-order valence-corrected chi connectivity index (χ1v) is 7.95. The van der Waals surface area contributed by atoms with Crippen LogP contribution in [0.5, 0.6) is 0 Å². The summed E-state index contributed by atoms with van der Waals surface area (Å²) >= 11 is 1.61. The van der Waals surface area contributed by atoms with Crippen molar-refractivity contribution < 1.29 is 4.79 Å². The molecule has 1 rings (SSSR count). The molecule has 1 aromatic carbocycles. The average molecular weight is 294 g/mol. The number of hydrogen-bond donors (Lipinski definition) is 1. The van der Waals surface area contributed by atoms with Gasteiger partial charge in [-0.1, -0.05) is 26.0 Å². The highest BCUT2D eigenvalue weighted by Gasteiger charge is 2.16. The van der Waals surface area contributed by atoms with E-state index in [1.54, 1.807) is 30.8 Å². The predicted molar refractivity (Wildman–Crippen MR) is 87.0 cm³/mol. The van der Waals surface area contributed by atoms with Gasteiger partial charge in [0.05, 0.1) is 5.25 Å². The zero-order chi connectivity index (χ0) is 15.1. The van der Waals surface area contributed by atoms with Gasteiger partial charge in [0.2, 0.25) is 5.91 Å². The predicted octanol–water partition coefficient (Wildman–Crippen LogP) is 3.00. The Morgan fingerprint density at radius 1 is 1.30 bits per heavy atom. The third-order valence-electron chi connectivity index (χ3n) is 2.88. The summed E-state index contributed by atoms with van der Waals surface area (Å²) in [6.45, 7) is 8.26. The minimum absolute atomic E-state index is 0.0520. The van der Waals surface area contributed by atoms with E-state index in [4.69, 9.17) is 0 Å². The molecule has 1 N–H and O–H groups in total. The van der Waals surface area contributed by atoms with Crippen LogP contribution in [0.25, 0.3) is 0 Å². The highest BCUT2D eigenvalue weighted by molar-refractivity contribution is 8.00. The molecule has 1 unspecified atom stereocenters. The van der Waals surface area contributed by atoms with E-state index in [-0.39, 0.29) is 11.2 Å². The Balaban J connectivity index is 2.57. The van der Waals surface area contributed by atoms with Gasteiger partial charge in [-0.2, -0.15) is 0 Å². The molecule has 0 aliphatic rings. The van der Waals surface area contributed by atoms with Crippen molar-refractivity contribution in [3.05, 3.63) is 29.8 Å². The van der Waals surface area contributed by atoms with E-state index >= 15 is 0 Å². The van der Waals surface area contributed by atoms with Crippen LogP contribution in [-0.2, 0) is 11.3 Å². The molecule has 1 atom stereocenters. The number of benzene rings is 1. The molecule has 0 aliphatic heterocycles. The molecule has 1 aromatic rings. The minimum atomic E-state index is -0.0520. The van der Waals surface area contributed by atoms with Crippen LogP contribution in [0, 0.1) is 5.92 Å². The van der Waals surface area contributed by atoms with E-state index in [1.807, 2.05) is 6.92 Å². The summed E-state index contributed by atoms with van der Waals surface area (Å²) in [5.41, 5.74) is 1.26. The van der Waals surface area contributed by atoms with Gasteiger partial charge in [-0.15, -0.1) is 11.8 Å². The number of carbonyl (C=O) groups excluding carboxylic acids is 1.